The van der Waals surface area contributed by atoms with Crippen LogP contribution in [0.2, 0.25) is 5.02 Å². The van der Waals surface area contributed by atoms with Crippen LogP contribution in [-0.4, -0.2) is 28.4 Å². The number of hydrogen-bond acceptors (Lipinski definition) is 5. The first-order valence-electron chi connectivity index (χ1n) is 15.4. The number of halogens is 1. The molecular formula is C37H35ClN2O5. The van der Waals surface area contributed by atoms with E-state index in [0.717, 1.165) is 56.7 Å². The molecule has 1 aliphatic heterocycles. The van der Waals surface area contributed by atoms with Crippen LogP contribution in [0, 0.1) is 0 Å². The summed E-state index contributed by atoms with van der Waals surface area (Å²) in [7, 11) is 0. The number of para-hydroxylation sites is 1. The SMILES string of the molecule is O=C(N/C(C=C1CCC(c2ccccc2CN2CCCCC2=O)CC1)=C\c1ccc(Cl)cc1)c1cc(=O)c2cccc(O)c2o1. The molecule has 7 nitrogen and oxygen atoms in total. The zero-order valence-corrected chi connectivity index (χ0v) is 25.7. The number of piperidine rings is 1. The zero-order chi connectivity index (χ0) is 31.3. The van der Waals surface area contributed by atoms with Crippen molar-refractivity contribution >= 4 is 40.5 Å². The van der Waals surface area contributed by atoms with E-state index in [2.05, 4.69) is 29.6 Å². The lowest BCUT2D eigenvalue weighted by Crippen LogP contribution is -2.35. The van der Waals surface area contributed by atoms with Gasteiger partial charge in [0.15, 0.2) is 22.5 Å². The maximum absolute atomic E-state index is 13.4. The minimum absolute atomic E-state index is 0.0278. The molecule has 2 fully saturated rings. The third kappa shape index (κ3) is 7.21. The highest BCUT2D eigenvalue weighted by Crippen LogP contribution is 2.38. The predicted molar refractivity (Wildman–Crippen MR) is 176 cm³/mol. The normalized spacial score (nSPS) is 17.4. The number of nitrogens with one attached hydrogen (secondary N) is 1. The van der Waals surface area contributed by atoms with E-state index in [9.17, 15) is 19.5 Å². The first-order valence-corrected chi connectivity index (χ1v) is 15.8. The molecule has 6 rings (SSSR count). The van der Waals surface area contributed by atoms with Crippen molar-refractivity contribution in [3.8, 4) is 5.75 Å². The van der Waals surface area contributed by atoms with E-state index in [0.29, 0.717) is 29.6 Å². The number of nitrogens with zero attached hydrogens (tertiary/aromatic N) is 1. The van der Waals surface area contributed by atoms with Gasteiger partial charge in [0.2, 0.25) is 5.91 Å². The molecule has 2 aliphatic rings. The number of benzene rings is 3. The first-order chi connectivity index (χ1) is 21.8. The molecule has 0 unspecified atom stereocenters. The molecule has 4 aromatic rings. The van der Waals surface area contributed by atoms with Gasteiger partial charge in [0.05, 0.1) is 5.39 Å². The topological polar surface area (TPSA) is 99.9 Å². The molecule has 0 spiro atoms. The van der Waals surface area contributed by atoms with Crippen molar-refractivity contribution in [1.82, 2.24) is 10.2 Å². The summed E-state index contributed by atoms with van der Waals surface area (Å²) < 4.78 is 5.68. The Balaban J connectivity index is 1.22. The van der Waals surface area contributed by atoms with Gasteiger partial charge in [-0.05, 0) is 97.6 Å². The lowest BCUT2D eigenvalue weighted by atomic mass is 9.79. The fourth-order valence-corrected chi connectivity index (χ4v) is 6.42. The Morgan fingerprint density at radius 3 is 2.53 bits per heavy atom. The number of aromatic hydroxyl groups is 1. The average Bonchev–Trinajstić information content (AvgIpc) is 3.04. The molecule has 0 radical (unpaired) electrons. The molecule has 3 aromatic carbocycles. The Morgan fingerprint density at radius 1 is 0.978 bits per heavy atom. The van der Waals surface area contributed by atoms with E-state index in [1.165, 1.54) is 22.8 Å². The van der Waals surface area contributed by atoms with Crippen LogP contribution in [0.3, 0.4) is 0 Å². The predicted octanol–water partition coefficient (Wildman–Crippen LogP) is 7.72. The van der Waals surface area contributed by atoms with Crippen LogP contribution in [0.1, 0.15) is 78.1 Å². The minimum Gasteiger partial charge on any atom is -0.504 e. The van der Waals surface area contributed by atoms with E-state index in [-0.39, 0.29) is 28.4 Å². The highest BCUT2D eigenvalue weighted by atomic mass is 35.5. The Hall–Kier alpha value is -4.62. The van der Waals surface area contributed by atoms with Crippen molar-refractivity contribution in [2.24, 2.45) is 0 Å². The summed E-state index contributed by atoms with van der Waals surface area (Å²) in [5, 5.41) is 13.9. The Kier molecular flexibility index (Phi) is 9.17. The summed E-state index contributed by atoms with van der Waals surface area (Å²) in [6.07, 6.45) is 10.1. The van der Waals surface area contributed by atoms with E-state index in [4.69, 9.17) is 16.0 Å². The molecule has 2 amide bonds. The molecule has 0 atom stereocenters. The number of likely N-dealkylation sites (tertiary alicyclic amines) is 1. The number of hydrogen-bond donors (Lipinski definition) is 2. The number of phenolic OH excluding ortho intramolecular Hbond substituents is 1. The van der Waals surface area contributed by atoms with Crippen molar-refractivity contribution < 1.29 is 19.1 Å². The van der Waals surface area contributed by atoms with Crippen LogP contribution in [0.25, 0.3) is 17.0 Å². The molecule has 1 aromatic heterocycles. The third-order valence-corrected chi connectivity index (χ3v) is 8.92. The second-order valence-corrected chi connectivity index (χ2v) is 12.2. The maximum Gasteiger partial charge on any atom is 0.291 e. The summed E-state index contributed by atoms with van der Waals surface area (Å²) in [6, 6.07) is 21.4. The molecular weight excluding hydrogens is 588 g/mol. The van der Waals surface area contributed by atoms with Gasteiger partial charge in [-0.15, -0.1) is 0 Å². The number of rotatable bonds is 7. The van der Waals surface area contributed by atoms with Crippen molar-refractivity contribution in [2.45, 2.75) is 57.4 Å². The number of phenols is 1. The first kappa shape index (κ1) is 30.4. The fourth-order valence-electron chi connectivity index (χ4n) is 6.29. The second kappa shape index (κ2) is 13.6. The maximum atomic E-state index is 13.4. The van der Waals surface area contributed by atoms with Crippen molar-refractivity contribution in [3.63, 3.8) is 0 Å². The van der Waals surface area contributed by atoms with Crippen LogP contribution < -0.4 is 10.7 Å². The van der Waals surface area contributed by atoms with Gasteiger partial charge in [0.25, 0.3) is 5.91 Å². The van der Waals surface area contributed by atoms with Gasteiger partial charge < -0.3 is 19.7 Å². The second-order valence-electron chi connectivity index (χ2n) is 11.8. The summed E-state index contributed by atoms with van der Waals surface area (Å²) in [5.41, 5.74) is 4.70. The molecule has 0 bridgehead atoms. The third-order valence-electron chi connectivity index (χ3n) is 8.67. The van der Waals surface area contributed by atoms with Gasteiger partial charge in [0, 0.05) is 36.3 Å². The van der Waals surface area contributed by atoms with Gasteiger partial charge in [-0.25, -0.2) is 0 Å². The molecule has 230 valence electrons. The Labute approximate surface area is 266 Å². The van der Waals surface area contributed by atoms with Crippen molar-refractivity contribution in [3.05, 3.63) is 128 Å². The van der Waals surface area contributed by atoms with Crippen LogP contribution in [0.15, 0.2) is 99.4 Å². The van der Waals surface area contributed by atoms with Crippen molar-refractivity contribution in [2.75, 3.05) is 6.54 Å². The number of carbonyl (C=O) groups is 2. The Morgan fingerprint density at radius 2 is 1.76 bits per heavy atom. The van der Waals surface area contributed by atoms with Gasteiger partial charge in [0.1, 0.15) is 0 Å². The number of fused-ring (bicyclic) bond motifs is 1. The number of carbonyl (C=O) groups excluding carboxylic acids is 2. The van der Waals surface area contributed by atoms with E-state index < -0.39 is 11.3 Å². The van der Waals surface area contributed by atoms with E-state index >= 15 is 0 Å². The van der Waals surface area contributed by atoms with Gasteiger partial charge >= 0.3 is 0 Å². The fraction of sp³-hybridized carbons (Fsp3) is 0.270. The lowest BCUT2D eigenvalue weighted by Gasteiger charge is -2.30. The smallest absolute Gasteiger partial charge is 0.291 e. The van der Waals surface area contributed by atoms with Crippen LogP contribution in [0.5, 0.6) is 5.75 Å². The monoisotopic (exact) mass is 622 g/mol. The highest BCUT2D eigenvalue weighted by molar-refractivity contribution is 6.30. The molecule has 1 saturated carbocycles. The molecule has 1 aliphatic carbocycles. The molecule has 2 heterocycles. The number of amides is 2. The van der Waals surface area contributed by atoms with Crippen LogP contribution in [-0.2, 0) is 11.3 Å². The quantitative estimate of drug-likeness (QED) is 0.220. The minimum atomic E-state index is -0.593. The van der Waals surface area contributed by atoms with Crippen LogP contribution >= 0.6 is 11.6 Å². The van der Waals surface area contributed by atoms with Gasteiger partial charge in [-0.3, -0.25) is 14.4 Å². The van der Waals surface area contributed by atoms with Gasteiger partial charge in [-0.1, -0.05) is 59.6 Å². The molecule has 1 saturated heterocycles. The zero-order valence-electron chi connectivity index (χ0n) is 24.9. The summed E-state index contributed by atoms with van der Waals surface area (Å²) in [6.45, 7) is 1.49. The average molecular weight is 623 g/mol. The largest absolute Gasteiger partial charge is 0.504 e. The summed E-state index contributed by atoms with van der Waals surface area (Å²) in [4.78, 5) is 40.5. The molecule has 45 heavy (non-hydrogen) atoms. The van der Waals surface area contributed by atoms with Crippen LogP contribution in [0.4, 0.5) is 0 Å². The van der Waals surface area contributed by atoms with E-state index in [1.807, 2.05) is 29.2 Å². The van der Waals surface area contributed by atoms with Gasteiger partial charge in [-0.2, -0.15) is 0 Å². The summed E-state index contributed by atoms with van der Waals surface area (Å²) >= 11 is 6.10. The summed E-state index contributed by atoms with van der Waals surface area (Å²) in [5.74, 6) is -0.368. The molecule has 2 N–H and O–H groups in total. The lowest BCUT2D eigenvalue weighted by molar-refractivity contribution is -0.133. The Bertz CT molecular complexity index is 1850. The number of allylic oxidation sites excluding steroid dienone is 2. The van der Waals surface area contributed by atoms with E-state index in [1.54, 1.807) is 24.3 Å². The van der Waals surface area contributed by atoms with Crippen molar-refractivity contribution in [1.29, 1.82) is 0 Å². The highest BCUT2D eigenvalue weighted by Gasteiger charge is 2.24. The molecule has 8 heteroatoms. The standard InChI is InChI=1S/C37H35ClN2O5/c38-28-17-13-25(14-18-28)21-29(39-37(44)34-22-33(42)31-8-5-9-32(41)36(31)45-34)20-24-11-15-26(16-12-24)30-7-2-1-6-27(30)23-40-19-4-3-10-35(40)43/h1-2,5-9,13-14,17-18,20-22,26,41H,3-4,10-12,15-16,19,23H2,(H,39,44)/b24-20?,29-21-.